The number of esters is 1. The number of methoxy groups -OCH3 is 1. The predicted octanol–water partition coefficient (Wildman–Crippen LogP) is 1.44. The van der Waals surface area contributed by atoms with E-state index >= 15 is 0 Å². The van der Waals surface area contributed by atoms with Crippen molar-refractivity contribution in [2.75, 3.05) is 20.3 Å². The maximum atomic E-state index is 11.7. The highest BCUT2D eigenvalue weighted by Crippen LogP contribution is 2.43. The van der Waals surface area contributed by atoms with Crippen molar-refractivity contribution in [1.82, 2.24) is 5.06 Å². The highest BCUT2D eigenvalue weighted by Gasteiger charge is 2.53. The largest absolute Gasteiger partial charge is 0.467 e. The number of hydrogen-bond acceptors (Lipinski definition) is 5. The molecule has 2 atom stereocenters. The Labute approximate surface area is 112 Å². The number of ether oxygens (including phenoxy) is 2. The smallest absolute Gasteiger partial charge is 0.337 e. The number of benzene rings is 1. The van der Waals surface area contributed by atoms with Crippen LogP contribution in [0.3, 0.4) is 0 Å². The number of hydrogen-bond donors (Lipinski definition) is 0. The van der Waals surface area contributed by atoms with E-state index in [0.717, 1.165) is 18.5 Å². The monoisotopic (exact) mass is 263 g/mol. The molecule has 0 bridgehead atoms. The van der Waals surface area contributed by atoms with Gasteiger partial charge in [0.1, 0.15) is 0 Å². The molecule has 0 N–H and O–H groups in total. The fourth-order valence-corrected chi connectivity index (χ4v) is 2.74. The molecular weight excluding hydrogens is 246 g/mol. The van der Waals surface area contributed by atoms with Crippen molar-refractivity contribution in [3.05, 3.63) is 35.9 Å². The summed E-state index contributed by atoms with van der Waals surface area (Å²) in [6, 6.07) is 9.89. The molecular formula is C14H17NO4. The first-order valence-corrected chi connectivity index (χ1v) is 6.48. The maximum Gasteiger partial charge on any atom is 0.337 e. The van der Waals surface area contributed by atoms with Gasteiger partial charge in [-0.05, 0) is 6.42 Å². The van der Waals surface area contributed by atoms with Crippen LogP contribution in [0.1, 0.15) is 18.4 Å². The molecule has 5 nitrogen and oxygen atoms in total. The molecule has 0 radical (unpaired) electrons. The van der Waals surface area contributed by atoms with E-state index in [1.54, 1.807) is 5.06 Å². The zero-order valence-electron chi connectivity index (χ0n) is 10.9. The van der Waals surface area contributed by atoms with Crippen LogP contribution in [-0.2, 0) is 24.8 Å². The van der Waals surface area contributed by atoms with E-state index in [9.17, 15) is 4.79 Å². The van der Waals surface area contributed by atoms with Crippen LogP contribution in [0.5, 0.6) is 0 Å². The van der Waals surface area contributed by atoms with Gasteiger partial charge in [-0.1, -0.05) is 30.3 Å². The average molecular weight is 263 g/mol. The number of carbonyl (C=O) groups excluding carboxylic acids is 1. The van der Waals surface area contributed by atoms with Gasteiger partial charge in [-0.15, -0.1) is 0 Å². The fourth-order valence-electron chi connectivity index (χ4n) is 2.74. The van der Waals surface area contributed by atoms with Gasteiger partial charge >= 0.3 is 5.97 Å². The van der Waals surface area contributed by atoms with Crippen LogP contribution in [0.15, 0.2) is 30.3 Å². The summed E-state index contributed by atoms with van der Waals surface area (Å²) in [5.41, 5.74) is 0.361. The zero-order valence-corrected chi connectivity index (χ0v) is 10.9. The average Bonchev–Trinajstić information content (AvgIpc) is 2.88. The lowest BCUT2D eigenvalue weighted by Crippen LogP contribution is -2.47. The van der Waals surface area contributed by atoms with Crippen LogP contribution in [0.4, 0.5) is 0 Å². The molecule has 0 spiro atoms. The van der Waals surface area contributed by atoms with E-state index < -0.39 is 11.8 Å². The first-order valence-electron chi connectivity index (χ1n) is 6.48. The summed E-state index contributed by atoms with van der Waals surface area (Å²) in [5, 5.41) is 1.79. The zero-order chi connectivity index (χ0) is 13.3. The Balaban J connectivity index is 1.94. The second-order valence-electron chi connectivity index (χ2n) is 4.78. The van der Waals surface area contributed by atoms with Crippen molar-refractivity contribution in [2.24, 2.45) is 0 Å². The SMILES string of the molecule is COC(=O)C1CC2(c3ccccc3)OCCCN2O1. The van der Waals surface area contributed by atoms with E-state index in [1.165, 1.54) is 7.11 Å². The fraction of sp³-hybridized carbons (Fsp3) is 0.500. The van der Waals surface area contributed by atoms with Crippen molar-refractivity contribution < 1.29 is 19.1 Å². The van der Waals surface area contributed by atoms with Crippen molar-refractivity contribution >= 4 is 5.97 Å². The van der Waals surface area contributed by atoms with Gasteiger partial charge < -0.3 is 9.47 Å². The molecule has 3 rings (SSSR count). The molecule has 0 aliphatic carbocycles. The first kappa shape index (κ1) is 12.6. The molecule has 102 valence electrons. The van der Waals surface area contributed by atoms with Gasteiger partial charge in [-0.25, -0.2) is 4.79 Å². The Kier molecular flexibility index (Phi) is 3.26. The molecule has 0 saturated carbocycles. The Bertz CT molecular complexity index is 464. The van der Waals surface area contributed by atoms with Crippen molar-refractivity contribution in [2.45, 2.75) is 24.7 Å². The summed E-state index contributed by atoms with van der Waals surface area (Å²) in [4.78, 5) is 17.4. The molecule has 5 heteroatoms. The topological polar surface area (TPSA) is 48.0 Å². The number of fused-ring (bicyclic) bond motifs is 1. The van der Waals surface area contributed by atoms with E-state index in [0.29, 0.717) is 13.0 Å². The van der Waals surface area contributed by atoms with Gasteiger partial charge in [0, 0.05) is 18.5 Å². The molecule has 2 saturated heterocycles. The first-order chi connectivity index (χ1) is 9.26. The van der Waals surface area contributed by atoms with Crippen LogP contribution in [-0.4, -0.2) is 37.4 Å². The summed E-state index contributed by atoms with van der Waals surface area (Å²) in [5.74, 6) is -0.353. The highest BCUT2D eigenvalue weighted by atomic mass is 16.8. The second-order valence-corrected chi connectivity index (χ2v) is 4.78. The normalized spacial score (nSPS) is 30.9. The number of carbonyl (C=O) groups is 1. The van der Waals surface area contributed by atoms with Crippen LogP contribution in [0, 0.1) is 0 Å². The summed E-state index contributed by atoms with van der Waals surface area (Å²) < 4.78 is 10.8. The molecule has 2 fully saturated rings. The summed E-state index contributed by atoms with van der Waals surface area (Å²) >= 11 is 0. The van der Waals surface area contributed by atoms with Crippen LogP contribution in [0.2, 0.25) is 0 Å². The van der Waals surface area contributed by atoms with E-state index in [2.05, 4.69) is 0 Å². The third-order valence-corrected chi connectivity index (χ3v) is 3.65. The molecule has 0 amide bonds. The van der Waals surface area contributed by atoms with Crippen molar-refractivity contribution in [1.29, 1.82) is 0 Å². The van der Waals surface area contributed by atoms with Gasteiger partial charge in [0.25, 0.3) is 0 Å². The molecule has 2 aliphatic rings. The predicted molar refractivity (Wildman–Crippen MR) is 66.9 cm³/mol. The standard InChI is InChI=1S/C14H17NO4/c1-17-13(16)12-10-14(11-6-3-2-4-7-11)15(19-12)8-5-9-18-14/h2-4,6-7,12H,5,8-10H2,1H3. The lowest BCUT2D eigenvalue weighted by Gasteiger charge is -2.40. The highest BCUT2D eigenvalue weighted by molar-refractivity contribution is 5.75. The minimum atomic E-state index is -0.654. The van der Waals surface area contributed by atoms with Crippen LogP contribution < -0.4 is 0 Å². The summed E-state index contributed by atoms with van der Waals surface area (Å²) in [6.45, 7) is 1.42. The van der Waals surface area contributed by atoms with Gasteiger partial charge in [-0.3, -0.25) is 4.84 Å². The van der Waals surface area contributed by atoms with Crippen LogP contribution >= 0.6 is 0 Å². The van der Waals surface area contributed by atoms with E-state index in [1.807, 2.05) is 30.3 Å². The third kappa shape index (κ3) is 2.04. The molecule has 1 aromatic carbocycles. The Morgan fingerprint density at radius 2 is 2.21 bits per heavy atom. The molecule has 0 aromatic heterocycles. The second kappa shape index (κ2) is 4.92. The summed E-state index contributed by atoms with van der Waals surface area (Å²) in [7, 11) is 1.37. The Morgan fingerprint density at radius 3 is 2.95 bits per heavy atom. The van der Waals surface area contributed by atoms with Crippen molar-refractivity contribution in [3.8, 4) is 0 Å². The number of nitrogens with zero attached hydrogens (tertiary/aromatic N) is 1. The lowest BCUT2D eigenvalue weighted by molar-refractivity contribution is -0.292. The van der Waals surface area contributed by atoms with Crippen molar-refractivity contribution in [3.63, 3.8) is 0 Å². The summed E-state index contributed by atoms with van der Waals surface area (Å²) in [6.07, 6.45) is 0.759. The molecule has 2 aliphatic heterocycles. The minimum Gasteiger partial charge on any atom is -0.467 e. The Morgan fingerprint density at radius 1 is 1.42 bits per heavy atom. The molecule has 2 heterocycles. The maximum absolute atomic E-state index is 11.7. The van der Waals surface area contributed by atoms with Gasteiger partial charge in [0.2, 0.25) is 0 Å². The minimum absolute atomic E-state index is 0.353. The van der Waals surface area contributed by atoms with E-state index in [4.69, 9.17) is 14.3 Å². The lowest BCUT2D eigenvalue weighted by atomic mass is 9.95. The van der Waals surface area contributed by atoms with Gasteiger partial charge in [0.15, 0.2) is 11.8 Å². The Hall–Kier alpha value is -1.43. The molecule has 1 aromatic rings. The van der Waals surface area contributed by atoms with Gasteiger partial charge in [-0.2, -0.15) is 5.06 Å². The molecule has 19 heavy (non-hydrogen) atoms. The number of hydroxylamine groups is 2. The quantitative estimate of drug-likeness (QED) is 0.756. The van der Waals surface area contributed by atoms with Crippen LogP contribution in [0.25, 0.3) is 0 Å². The van der Waals surface area contributed by atoms with E-state index in [-0.39, 0.29) is 5.97 Å². The molecule has 2 unspecified atom stereocenters. The van der Waals surface area contributed by atoms with Gasteiger partial charge in [0.05, 0.1) is 13.7 Å². The number of rotatable bonds is 2. The third-order valence-electron chi connectivity index (χ3n) is 3.65.